The highest BCUT2D eigenvalue weighted by molar-refractivity contribution is 7.08. The maximum Gasteiger partial charge on any atom is 0.188 e. The molecular formula is C10H12N2OS. The predicted molar refractivity (Wildman–Crippen MR) is 56.4 cm³/mol. The lowest BCUT2D eigenvalue weighted by molar-refractivity contribution is 0.1000. The van der Waals surface area contributed by atoms with Crippen molar-refractivity contribution in [3.05, 3.63) is 10.6 Å². The van der Waals surface area contributed by atoms with Gasteiger partial charge in [0.1, 0.15) is 4.88 Å². The summed E-state index contributed by atoms with van der Waals surface area (Å²) >= 11 is 1.12. The molecule has 0 aliphatic rings. The molecule has 0 atom stereocenters. The van der Waals surface area contributed by atoms with Crippen LogP contribution in [0, 0.1) is 12.3 Å². The van der Waals surface area contributed by atoms with Crippen molar-refractivity contribution in [2.24, 2.45) is 0 Å². The molecular weight excluding hydrogens is 196 g/mol. The van der Waals surface area contributed by atoms with Crippen molar-refractivity contribution in [1.82, 2.24) is 9.59 Å². The van der Waals surface area contributed by atoms with Crippen molar-refractivity contribution in [3.63, 3.8) is 0 Å². The number of hydrogen-bond donors (Lipinski definition) is 0. The van der Waals surface area contributed by atoms with Crippen molar-refractivity contribution < 1.29 is 4.79 Å². The summed E-state index contributed by atoms with van der Waals surface area (Å²) in [6, 6.07) is 0. The fraction of sp³-hybridized carbons (Fsp3) is 0.500. The molecule has 1 rings (SSSR count). The zero-order valence-electron chi connectivity index (χ0n) is 8.50. The summed E-state index contributed by atoms with van der Waals surface area (Å²) in [4.78, 5) is 12.2. The smallest absolute Gasteiger partial charge is 0.188 e. The summed E-state index contributed by atoms with van der Waals surface area (Å²) in [5, 5.41) is 3.97. The lowest BCUT2D eigenvalue weighted by Gasteiger charge is -2.15. The van der Waals surface area contributed by atoms with E-state index in [0.717, 1.165) is 17.2 Å². The number of hydrogen-bond acceptors (Lipinski definition) is 4. The molecule has 74 valence electrons. The topological polar surface area (TPSA) is 42.9 Å². The van der Waals surface area contributed by atoms with Crippen LogP contribution in [0.15, 0.2) is 0 Å². The second-order valence-electron chi connectivity index (χ2n) is 4.00. The van der Waals surface area contributed by atoms with E-state index in [1.54, 1.807) is 0 Å². The molecule has 0 saturated heterocycles. The van der Waals surface area contributed by atoms with Gasteiger partial charge in [-0.05, 0) is 11.5 Å². The number of rotatable bonds is 2. The molecule has 0 radical (unpaired) electrons. The van der Waals surface area contributed by atoms with Gasteiger partial charge >= 0.3 is 0 Å². The van der Waals surface area contributed by atoms with Crippen molar-refractivity contribution in [2.75, 3.05) is 0 Å². The van der Waals surface area contributed by atoms with Crippen LogP contribution in [0.4, 0.5) is 0 Å². The highest BCUT2D eigenvalue weighted by Crippen LogP contribution is 2.26. The van der Waals surface area contributed by atoms with E-state index in [1.807, 2.05) is 20.8 Å². The van der Waals surface area contributed by atoms with E-state index in [2.05, 4.69) is 15.5 Å². The minimum Gasteiger partial charge on any atom is -0.292 e. The standard InChI is InChI=1S/C10H12N2OS/c1-5-6-7(13)8-9(10(2,3)4)11-12-14-8/h1H,6H2,2-4H3. The number of carbonyl (C=O) groups excluding carboxylic acids is 1. The summed E-state index contributed by atoms with van der Waals surface area (Å²) in [6.07, 6.45) is 5.21. The highest BCUT2D eigenvalue weighted by Gasteiger charge is 2.25. The number of terminal acetylenes is 1. The maximum absolute atomic E-state index is 11.6. The van der Waals surface area contributed by atoms with Gasteiger partial charge in [-0.2, -0.15) is 0 Å². The SMILES string of the molecule is C#CCC(=O)c1snnc1C(C)(C)C. The molecule has 0 N–H and O–H groups in total. The number of aromatic nitrogens is 2. The van der Waals surface area contributed by atoms with E-state index in [4.69, 9.17) is 6.42 Å². The van der Waals surface area contributed by atoms with Crippen LogP contribution in [0.3, 0.4) is 0 Å². The zero-order valence-corrected chi connectivity index (χ0v) is 9.31. The zero-order chi connectivity index (χ0) is 10.8. The number of carbonyl (C=O) groups is 1. The molecule has 0 aliphatic carbocycles. The van der Waals surface area contributed by atoms with Crippen LogP contribution in [0.5, 0.6) is 0 Å². The van der Waals surface area contributed by atoms with Gasteiger partial charge in [-0.15, -0.1) is 11.5 Å². The van der Waals surface area contributed by atoms with Crippen molar-refractivity contribution in [3.8, 4) is 12.3 Å². The molecule has 1 aromatic heterocycles. The lowest BCUT2D eigenvalue weighted by Crippen LogP contribution is -2.16. The van der Waals surface area contributed by atoms with Crippen LogP contribution in [-0.4, -0.2) is 15.4 Å². The Labute approximate surface area is 87.7 Å². The minimum atomic E-state index is -0.160. The summed E-state index contributed by atoms with van der Waals surface area (Å²) < 4.78 is 3.79. The van der Waals surface area contributed by atoms with Crippen molar-refractivity contribution >= 4 is 17.3 Å². The van der Waals surface area contributed by atoms with Gasteiger partial charge < -0.3 is 0 Å². The summed E-state index contributed by atoms with van der Waals surface area (Å²) in [6.45, 7) is 5.99. The molecule has 0 spiro atoms. The second-order valence-corrected chi connectivity index (χ2v) is 4.76. The van der Waals surface area contributed by atoms with Crippen LogP contribution < -0.4 is 0 Å². The number of nitrogens with zero attached hydrogens (tertiary/aromatic N) is 2. The Morgan fingerprint density at radius 3 is 2.71 bits per heavy atom. The normalized spacial score (nSPS) is 11.0. The van der Waals surface area contributed by atoms with Crippen LogP contribution in [0.2, 0.25) is 0 Å². The van der Waals surface area contributed by atoms with Gasteiger partial charge in [-0.3, -0.25) is 4.79 Å². The molecule has 0 amide bonds. The first kappa shape index (κ1) is 10.9. The van der Waals surface area contributed by atoms with E-state index in [-0.39, 0.29) is 17.6 Å². The molecule has 1 heterocycles. The Kier molecular flexibility index (Phi) is 3.02. The molecule has 14 heavy (non-hydrogen) atoms. The second kappa shape index (κ2) is 3.89. The Morgan fingerprint density at radius 2 is 2.21 bits per heavy atom. The van der Waals surface area contributed by atoms with Crippen LogP contribution in [-0.2, 0) is 5.41 Å². The van der Waals surface area contributed by atoms with Crippen LogP contribution >= 0.6 is 11.5 Å². The molecule has 3 nitrogen and oxygen atoms in total. The third kappa shape index (κ3) is 2.18. The Balaban J connectivity index is 3.06. The molecule has 0 aromatic carbocycles. The fourth-order valence-electron chi connectivity index (χ4n) is 1.04. The van der Waals surface area contributed by atoms with Gasteiger partial charge in [-0.1, -0.05) is 31.2 Å². The fourth-order valence-corrected chi connectivity index (χ4v) is 1.85. The van der Waals surface area contributed by atoms with Gasteiger partial charge in [0.05, 0.1) is 12.1 Å². The predicted octanol–water partition coefficient (Wildman–Crippen LogP) is 2.04. The third-order valence-electron chi connectivity index (χ3n) is 1.71. The Bertz CT molecular complexity index is 382. The average Bonchev–Trinajstić information content (AvgIpc) is 2.50. The third-order valence-corrected chi connectivity index (χ3v) is 2.48. The molecule has 0 unspecified atom stereocenters. The van der Waals surface area contributed by atoms with Gasteiger partial charge in [0.15, 0.2) is 5.78 Å². The highest BCUT2D eigenvalue weighted by atomic mass is 32.1. The molecule has 0 fully saturated rings. The van der Waals surface area contributed by atoms with Crippen LogP contribution in [0.1, 0.15) is 42.6 Å². The summed E-state index contributed by atoms with van der Waals surface area (Å²) in [7, 11) is 0. The summed E-state index contributed by atoms with van der Waals surface area (Å²) in [5.74, 6) is 2.27. The first-order valence-corrected chi connectivity index (χ1v) is 5.03. The van der Waals surface area contributed by atoms with Gasteiger partial charge in [0.25, 0.3) is 0 Å². The van der Waals surface area contributed by atoms with Crippen LogP contribution in [0.25, 0.3) is 0 Å². The van der Waals surface area contributed by atoms with E-state index < -0.39 is 0 Å². The van der Waals surface area contributed by atoms with Gasteiger partial charge in [0, 0.05) is 5.41 Å². The maximum atomic E-state index is 11.6. The van der Waals surface area contributed by atoms with Crippen molar-refractivity contribution in [1.29, 1.82) is 0 Å². The van der Waals surface area contributed by atoms with Gasteiger partial charge in [-0.25, -0.2) is 0 Å². The largest absolute Gasteiger partial charge is 0.292 e. The van der Waals surface area contributed by atoms with E-state index in [9.17, 15) is 4.79 Å². The Morgan fingerprint density at radius 1 is 1.57 bits per heavy atom. The summed E-state index contributed by atoms with van der Waals surface area (Å²) in [5.41, 5.74) is 0.579. The van der Waals surface area contributed by atoms with E-state index >= 15 is 0 Å². The minimum absolute atomic E-state index is 0.0626. The number of ketones is 1. The van der Waals surface area contributed by atoms with E-state index in [0.29, 0.717) is 4.88 Å². The molecule has 0 bridgehead atoms. The molecule has 0 aliphatic heterocycles. The first-order valence-electron chi connectivity index (χ1n) is 4.26. The van der Waals surface area contributed by atoms with E-state index in [1.165, 1.54) is 0 Å². The molecule has 4 heteroatoms. The molecule has 1 aromatic rings. The number of Topliss-reactive ketones (excluding diaryl/α,β-unsaturated/α-hetero) is 1. The van der Waals surface area contributed by atoms with Gasteiger partial charge in [0.2, 0.25) is 0 Å². The first-order chi connectivity index (χ1) is 6.46. The van der Waals surface area contributed by atoms with Crippen molar-refractivity contribution in [2.45, 2.75) is 32.6 Å². The monoisotopic (exact) mass is 208 g/mol. The quantitative estimate of drug-likeness (QED) is 0.551. The Hall–Kier alpha value is -1.21. The average molecular weight is 208 g/mol. The molecule has 0 saturated carbocycles. The lowest BCUT2D eigenvalue weighted by atomic mass is 9.90.